The molecular formula is C57H94O3. The van der Waals surface area contributed by atoms with Crippen LogP contribution < -0.4 is 0 Å². The maximum Gasteiger partial charge on any atom is 0.312 e. The average molecular weight is 827 g/mol. The smallest absolute Gasteiger partial charge is 0.312 e. The van der Waals surface area contributed by atoms with Gasteiger partial charge in [0, 0.05) is 6.42 Å². The van der Waals surface area contributed by atoms with Crippen molar-refractivity contribution in [2.45, 2.75) is 230 Å². The predicted octanol–water partition coefficient (Wildman–Crippen LogP) is 15.0. The summed E-state index contributed by atoms with van der Waals surface area (Å²) in [4.78, 5) is 15.3. The van der Waals surface area contributed by atoms with Crippen molar-refractivity contribution in [1.29, 1.82) is 0 Å². The summed E-state index contributed by atoms with van der Waals surface area (Å²) in [5.74, 6) is 8.91. The first-order valence-corrected chi connectivity index (χ1v) is 26.8. The first-order valence-electron chi connectivity index (χ1n) is 26.8. The summed E-state index contributed by atoms with van der Waals surface area (Å²) in [5.41, 5.74) is 2.97. The molecule has 340 valence electrons. The molecule has 0 heterocycles. The van der Waals surface area contributed by atoms with Gasteiger partial charge in [0.2, 0.25) is 0 Å². The Bertz CT molecular complexity index is 1660. The highest BCUT2D eigenvalue weighted by atomic mass is 16.5. The van der Waals surface area contributed by atoms with Crippen molar-refractivity contribution in [1.82, 2.24) is 0 Å². The summed E-state index contributed by atoms with van der Waals surface area (Å²) in [6.07, 6.45) is 28.8. The average Bonchev–Trinajstić information content (AvgIpc) is 3.76. The van der Waals surface area contributed by atoms with Crippen LogP contribution in [0.2, 0.25) is 0 Å². The monoisotopic (exact) mass is 827 g/mol. The lowest BCUT2D eigenvalue weighted by molar-refractivity contribution is -0.250. The fraction of sp³-hybridized carbons (Fsp3) is 0.947. The summed E-state index contributed by atoms with van der Waals surface area (Å²) >= 11 is 0. The standard InChI is InChI=1S/C57H94O3/c1-35(2)14-13-15-37(5)42-18-19-43-41-17-16-38-34-39(22-27-52(38,8)44(41)24-28-53(42,43)9)60-50(59)57-31-23-40(36(3)4)49(57)45-20-21-47-54(10)29-26-48(58)51(6,7)46(54)25-30-56(47,12)55(45,11)32-33-57/h16,35-37,39-49,58H,13-15,17-34H2,1-12H3/t37-,39-,40+,41+,42-,43+,44+,45-,46?,47-,48-,49?,52+,53-,54+,55-,56-,57+/m1/s1. The molecule has 0 aromatic heterocycles. The van der Waals surface area contributed by atoms with Gasteiger partial charge in [-0.2, -0.15) is 0 Å². The molecule has 0 radical (unpaired) electrons. The number of ether oxygens (including phenoxy) is 1. The van der Waals surface area contributed by atoms with Crippen LogP contribution in [0.1, 0.15) is 218 Å². The molecule has 9 rings (SSSR count). The summed E-state index contributed by atoms with van der Waals surface area (Å²) in [7, 11) is 0. The number of aliphatic hydroxyl groups excluding tert-OH is 1. The maximum atomic E-state index is 15.3. The molecule has 1 N–H and O–H groups in total. The predicted molar refractivity (Wildman–Crippen MR) is 248 cm³/mol. The second-order valence-electron chi connectivity index (χ2n) is 27.2. The molecule has 8 saturated carbocycles. The van der Waals surface area contributed by atoms with Gasteiger partial charge in [-0.05, 0) is 213 Å². The molecule has 3 nitrogen and oxygen atoms in total. The summed E-state index contributed by atoms with van der Waals surface area (Å²) in [6.45, 7) is 30.6. The number of fused-ring (bicyclic) bond motifs is 12. The molecule has 8 fully saturated rings. The van der Waals surface area contributed by atoms with E-state index in [2.05, 4.69) is 89.2 Å². The highest BCUT2D eigenvalue weighted by Gasteiger charge is 2.72. The normalized spacial score (nSPS) is 52.2. The van der Waals surface area contributed by atoms with E-state index in [1.54, 1.807) is 5.57 Å². The lowest BCUT2D eigenvalue weighted by Gasteiger charge is -2.72. The molecule has 9 aliphatic rings. The Labute approximate surface area is 370 Å². The van der Waals surface area contributed by atoms with Crippen LogP contribution in [-0.2, 0) is 9.53 Å². The van der Waals surface area contributed by atoms with Gasteiger partial charge in [0.05, 0.1) is 11.5 Å². The van der Waals surface area contributed by atoms with E-state index in [4.69, 9.17) is 4.74 Å². The topological polar surface area (TPSA) is 46.5 Å². The Hall–Kier alpha value is -0.830. The van der Waals surface area contributed by atoms with Gasteiger partial charge in [0.25, 0.3) is 0 Å². The molecule has 60 heavy (non-hydrogen) atoms. The molecule has 0 amide bonds. The van der Waals surface area contributed by atoms with Crippen LogP contribution in [0.5, 0.6) is 0 Å². The zero-order valence-corrected chi connectivity index (χ0v) is 41.3. The molecule has 3 heteroatoms. The molecule has 0 aromatic carbocycles. The second kappa shape index (κ2) is 15.1. The largest absolute Gasteiger partial charge is 0.462 e. The summed E-state index contributed by atoms with van der Waals surface area (Å²) in [6, 6.07) is 0. The van der Waals surface area contributed by atoms with Crippen LogP contribution in [-0.4, -0.2) is 23.3 Å². The third-order valence-electron chi connectivity index (χ3n) is 24.3. The van der Waals surface area contributed by atoms with Gasteiger partial charge >= 0.3 is 5.97 Å². The zero-order valence-electron chi connectivity index (χ0n) is 41.3. The van der Waals surface area contributed by atoms with Crippen molar-refractivity contribution >= 4 is 5.97 Å². The molecule has 18 atom stereocenters. The van der Waals surface area contributed by atoms with E-state index in [0.717, 1.165) is 67.6 Å². The van der Waals surface area contributed by atoms with E-state index in [0.29, 0.717) is 40.9 Å². The van der Waals surface area contributed by atoms with Crippen LogP contribution in [0, 0.1) is 109 Å². The molecule has 0 aromatic rings. The van der Waals surface area contributed by atoms with Gasteiger partial charge in [-0.15, -0.1) is 0 Å². The first kappa shape index (κ1) is 44.4. The lowest BCUT2D eigenvalue weighted by Crippen LogP contribution is -2.67. The summed E-state index contributed by atoms with van der Waals surface area (Å²) in [5, 5.41) is 11.2. The van der Waals surface area contributed by atoms with E-state index >= 15 is 4.79 Å². The van der Waals surface area contributed by atoms with Crippen molar-refractivity contribution in [3.63, 3.8) is 0 Å². The maximum absolute atomic E-state index is 15.3. The van der Waals surface area contributed by atoms with Crippen LogP contribution in [0.4, 0.5) is 0 Å². The van der Waals surface area contributed by atoms with Crippen LogP contribution >= 0.6 is 0 Å². The van der Waals surface area contributed by atoms with Crippen molar-refractivity contribution in [3.05, 3.63) is 11.6 Å². The Morgan fingerprint density at radius 1 is 0.700 bits per heavy atom. The minimum atomic E-state index is -0.300. The number of allylic oxidation sites excluding steroid dienone is 1. The first-order chi connectivity index (χ1) is 28.2. The van der Waals surface area contributed by atoms with Crippen molar-refractivity contribution in [3.8, 4) is 0 Å². The van der Waals surface area contributed by atoms with Gasteiger partial charge in [-0.3, -0.25) is 4.79 Å². The van der Waals surface area contributed by atoms with E-state index in [9.17, 15) is 5.11 Å². The fourth-order valence-electron chi connectivity index (χ4n) is 20.8. The fourth-order valence-corrected chi connectivity index (χ4v) is 20.8. The van der Waals surface area contributed by atoms with Gasteiger partial charge in [0.15, 0.2) is 0 Å². The Morgan fingerprint density at radius 3 is 2.17 bits per heavy atom. The van der Waals surface area contributed by atoms with Crippen molar-refractivity contribution < 1.29 is 14.6 Å². The Kier molecular flexibility index (Phi) is 11.2. The number of carbonyl (C=O) groups is 1. The third kappa shape index (κ3) is 6.23. The van der Waals surface area contributed by atoms with Crippen molar-refractivity contribution in [2.24, 2.45) is 109 Å². The van der Waals surface area contributed by atoms with E-state index in [-0.39, 0.29) is 50.7 Å². The molecule has 0 saturated heterocycles. The number of rotatable bonds is 8. The van der Waals surface area contributed by atoms with Crippen LogP contribution in [0.3, 0.4) is 0 Å². The number of carbonyl (C=O) groups excluding carboxylic acids is 1. The van der Waals surface area contributed by atoms with Crippen LogP contribution in [0.25, 0.3) is 0 Å². The Balaban J connectivity index is 0.910. The SMILES string of the molecule is CC(C)CCC[C@@H](C)[C@H]1CC[C@H]2[C@@H]3CC=C4C[C@H](OC(=O)[C@]56CC[C@@H](C(C)C)C5[C@H]5CC[C@@H]7[C@@]8(C)CC[C@@H](O)C(C)(C)C8CC[C@@]7(C)[C@]5(C)CC6)CC[C@]4(C)[C@H]3CC[C@]12C. The van der Waals surface area contributed by atoms with Gasteiger partial charge in [-0.1, -0.05) is 114 Å². The molecule has 0 bridgehead atoms. The van der Waals surface area contributed by atoms with E-state index in [1.165, 1.54) is 103 Å². The number of esters is 1. The minimum Gasteiger partial charge on any atom is -0.462 e. The number of hydrogen-bond donors (Lipinski definition) is 1. The zero-order chi connectivity index (χ0) is 43.0. The van der Waals surface area contributed by atoms with E-state index < -0.39 is 0 Å². The van der Waals surface area contributed by atoms with Gasteiger partial charge in [0.1, 0.15) is 6.10 Å². The van der Waals surface area contributed by atoms with Gasteiger partial charge in [-0.25, -0.2) is 0 Å². The minimum absolute atomic E-state index is 0.0136. The van der Waals surface area contributed by atoms with E-state index in [1.807, 2.05) is 0 Å². The summed E-state index contributed by atoms with van der Waals surface area (Å²) < 4.78 is 7.03. The molecular weight excluding hydrogens is 733 g/mol. The second-order valence-corrected chi connectivity index (χ2v) is 27.2. The quantitative estimate of drug-likeness (QED) is 0.196. The third-order valence-corrected chi connectivity index (χ3v) is 24.3. The molecule has 9 aliphatic carbocycles. The number of hydrogen-bond acceptors (Lipinski definition) is 3. The Morgan fingerprint density at radius 2 is 1.43 bits per heavy atom. The van der Waals surface area contributed by atoms with Crippen LogP contribution in [0.15, 0.2) is 11.6 Å². The molecule has 0 spiro atoms. The molecule has 2 unspecified atom stereocenters. The highest BCUT2D eigenvalue weighted by molar-refractivity contribution is 5.78. The lowest BCUT2D eigenvalue weighted by atomic mass is 9.32. The highest BCUT2D eigenvalue weighted by Crippen LogP contribution is 2.78. The molecule has 0 aliphatic heterocycles. The van der Waals surface area contributed by atoms with Crippen molar-refractivity contribution in [2.75, 3.05) is 0 Å². The number of aliphatic hydroxyl groups is 1. The van der Waals surface area contributed by atoms with Gasteiger partial charge < -0.3 is 9.84 Å².